The van der Waals surface area contributed by atoms with E-state index in [2.05, 4.69) is 0 Å². The molecule has 0 amide bonds. The van der Waals surface area contributed by atoms with Gasteiger partial charge in [-0.1, -0.05) is 6.92 Å². The van der Waals surface area contributed by atoms with Gasteiger partial charge in [-0.2, -0.15) is 13.2 Å². The van der Waals surface area contributed by atoms with E-state index < -0.39 is 17.6 Å². The lowest BCUT2D eigenvalue weighted by Crippen LogP contribution is -2.50. The van der Waals surface area contributed by atoms with Crippen molar-refractivity contribution in [2.24, 2.45) is 28.6 Å². The molecule has 4 aliphatic carbocycles. The maximum atomic E-state index is 13.1. The standard InChI is InChI=1S/C17H25F3O2/c1-3-15(2,17(18,19)20)14(21)22-10-16-7-11-4-12(8-16)6-13(5-11)9-16/h11-13H,3-10H2,1-2H3. The third-order valence-corrected chi connectivity index (χ3v) is 6.46. The van der Waals surface area contributed by atoms with E-state index in [0.717, 1.165) is 26.2 Å². The van der Waals surface area contributed by atoms with Crippen LogP contribution in [0, 0.1) is 28.6 Å². The zero-order valence-electron chi connectivity index (χ0n) is 13.3. The summed E-state index contributed by atoms with van der Waals surface area (Å²) in [5, 5.41) is 0. The van der Waals surface area contributed by atoms with E-state index in [1.54, 1.807) is 0 Å². The zero-order chi connectivity index (χ0) is 16.2. The molecule has 0 spiro atoms. The molecule has 4 fully saturated rings. The molecular weight excluding hydrogens is 293 g/mol. The third kappa shape index (κ3) is 2.54. The Morgan fingerprint density at radius 3 is 1.91 bits per heavy atom. The highest BCUT2D eigenvalue weighted by atomic mass is 19.4. The number of ether oxygens (including phenoxy) is 1. The molecule has 1 unspecified atom stereocenters. The fraction of sp³-hybridized carbons (Fsp3) is 0.941. The second-order valence-corrected chi connectivity index (χ2v) is 8.18. The molecule has 4 saturated carbocycles. The average Bonchev–Trinajstić information content (AvgIpc) is 2.41. The SMILES string of the molecule is CCC(C)(C(=O)OCC12CC3CC(CC(C3)C1)C2)C(F)(F)F. The van der Waals surface area contributed by atoms with Gasteiger partial charge >= 0.3 is 12.1 Å². The highest BCUT2D eigenvalue weighted by Crippen LogP contribution is 2.60. The molecule has 2 nitrogen and oxygen atoms in total. The van der Waals surface area contributed by atoms with Gasteiger partial charge in [0.1, 0.15) is 0 Å². The Kier molecular flexibility index (Phi) is 3.76. The van der Waals surface area contributed by atoms with Crippen LogP contribution in [0.3, 0.4) is 0 Å². The maximum absolute atomic E-state index is 13.1. The Labute approximate surface area is 129 Å². The molecule has 1 atom stereocenters. The summed E-state index contributed by atoms with van der Waals surface area (Å²) in [7, 11) is 0. The van der Waals surface area contributed by atoms with Crippen LogP contribution in [-0.2, 0) is 9.53 Å². The monoisotopic (exact) mass is 318 g/mol. The van der Waals surface area contributed by atoms with Gasteiger partial charge in [0.2, 0.25) is 0 Å². The molecule has 0 aromatic heterocycles. The molecule has 5 heteroatoms. The summed E-state index contributed by atoms with van der Waals surface area (Å²) in [6.45, 7) is 2.52. The van der Waals surface area contributed by atoms with Crippen molar-refractivity contribution in [1.29, 1.82) is 0 Å². The van der Waals surface area contributed by atoms with Crippen LogP contribution in [0.15, 0.2) is 0 Å². The van der Waals surface area contributed by atoms with Gasteiger partial charge < -0.3 is 4.74 Å². The largest absolute Gasteiger partial charge is 0.464 e. The van der Waals surface area contributed by atoms with Crippen LogP contribution in [0.1, 0.15) is 58.8 Å². The number of carbonyl (C=O) groups excluding carboxylic acids is 1. The minimum atomic E-state index is -4.56. The van der Waals surface area contributed by atoms with Crippen LogP contribution in [0.5, 0.6) is 0 Å². The summed E-state index contributed by atoms with van der Waals surface area (Å²) >= 11 is 0. The molecule has 22 heavy (non-hydrogen) atoms. The zero-order valence-corrected chi connectivity index (χ0v) is 13.3. The van der Waals surface area contributed by atoms with Gasteiger partial charge in [0, 0.05) is 5.41 Å². The number of esters is 1. The van der Waals surface area contributed by atoms with Crippen LogP contribution < -0.4 is 0 Å². The summed E-state index contributed by atoms with van der Waals surface area (Å²) in [6, 6.07) is 0. The Balaban J connectivity index is 1.66. The van der Waals surface area contributed by atoms with Crippen molar-refractivity contribution < 1.29 is 22.7 Å². The first kappa shape index (κ1) is 16.1. The number of rotatable bonds is 4. The molecule has 4 rings (SSSR count). The predicted molar refractivity (Wildman–Crippen MR) is 76.0 cm³/mol. The quantitative estimate of drug-likeness (QED) is 0.701. The summed E-state index contributed by atoms with van der Waals surface area (Å²) in [5.41, 5.74) is -2.42. The van der Waals surface area contributed by atoms with E-state index in [1.165, 1.54) is 26.2 Å². The van der Waals surface area contributed by atoms with Gasteiger partial charge in [0.15, 0.2) is 5.41 Å². The van der Waals surface area contributed by atoms with Crippen molar-refractivity contribution in [3.8, 4) is 0 Å². The molecule has 0 saturated heterocycles. The summed E-state index contributed by atoms with van der Waals surface area (Å²) in [6.07, 6.45) is 2.05. The van der Waals surface area contributed by atoms with Gasteiger partial charge in [0.25, 0.3) is 0 Å². The normalized spacial score (nSPS) is 39.6. The van der Waals surface area contributed by atoms with Crippen LogP contribution in [0.4, 0.5) is 13.2 Å². The average molecular weight is 318 g/mol. The second-order valence-electron chi connectivity index (χ2n) is 8.18. The first-order valence-corrected chi connectivity index (χ1v) is 8.41. The van der Waals surface area contributed by atoms with E-state index in [4.69, 9.17) is 4.74 Å². The second kappa shape index (κ2) is 5.13. The highest BCUT2D eigenvalue weighted by molar-refractivity contribution is 5.77. The summed E-state index contributed by atoms with van der Waals surface area (Å²) in [5.74, 6) is 0.999. The molecular formula is C17H25F3O2. The van der Waals surface area contributed by atoms with E-state index in [-0.39, 0.29) is 18.4 Å². The topological polar surface area (TPSA) is 26.3 Å². The first-order chi connectivity index (χ1) is 10.2. The lowest BCUT2D eigenvalue weighted by Gasteiger charge is -2.56. The first-order valence-electron chi connectivity index (χ1n) is 8.41. The molecule has 0 heterocycles. The van der Waals surface area contributed by atoms with Crippen molar-refractivity contribution in [2.45, 2.75) is 65.0 Å². The van der Waals surface area contributed by atoms with E-state index in [0.29, 0.717) is 17.8 Å². The molecule has 0 aromatic rings. The molecule has 126 valence electrons. The third-order valence-electron chi connectivity index (χ3n) is 6.46. The van der Waals surface area contributed by atoms with Crippen molar-refractivity contribution in [3.63, 3.8) is 0 Å². The molecule has 0 aliphatic heterocycles. The predicted octanol–water partition coefficient (Wildman–Crippen LogP) is 4.72. The van der Waals surface area contributed by atoms with Crippen LogP contribution in [-0.4, -0.2) is 18.8 Å². The van der Waals surface area contributed by atoms with E-state index in [9.17, 15) is 18.0 Å². The number of hydrogen-bond donors (Lipinski definition) is 0. The Morgan fingerprint density at radius 1 is 1.09 bits per heavy atom. The van der Waals surface area contributed by atoms with Crippen LogP contribution in [0.25, 0.3) is 0 Å². The number of carbonyl (C=O) groups is 1. The lowest BCUT2D eigenvalue weighted by atomic mass is 9.50. The molecule has 4 bridgehead atoms. The van der Waals surface area contributed by atoms with Crippen LogP contribution >= 0.6 is 0 Å². The smallest absolute Gasteiger partial charge is 0.404 e. The number of alkyl halides is 3. The lowest BCUT2D eigenvalue weighted by molar-refractivity contribution is -0.234. The minimum Gasteiger partial charge on any atom is -0.464 e. The number of hydrogen-bond acceptors (Lipinski definition) is 2. The van der Waals surface area contributed by atoms with Crippen LogP contribution in [0.2, 0.25) is 0 Å². The van der Waals surface area contributed by atoms with Gasteiger partial charge in [-0.3, -0.25) is 4.79 Å². The maximum Gasteiger partial charge on any atom is 0.404 e. The summed E-state index contributed by atoms with van der Waals surface area (Å²) < 4.78 is 44.7. The fourth-order valence-electron chi connectivity index (χ4n) is 5.31. The molecule has 4 aliphatic rings. The van der Waals surface area contributed by atoms with E-state index >= 15 is 0 Å². The van der Waals surface area contributed by atoms with Crippen molar-refractivity contribution >= 4 is 5.97 Å². The van der Waals surface area contributed by atoms with Crippen molar-refractivity contribution in [1.82, 2.24) is 0 Å². The minimum absolute atomic E-state index is 0.0370. The Hall–Kier alpha value is -0.740. The van der Waals surface area contributed by atoms with Gasteiger partial charge in [-0.15, -0.1) is 0 Å². The molecule has 0 radical (unpaired) electrons. The fourth-order valence-corrected chi connectivity index (χ4v) is 5.31. The number of halogens is 3. The van der Waals surface area contributed by atoms with Crippen molar-refractivity contribution in [2.75, 3.05) is 6.61 Å². The van der Waals surface area contributed by atoms with Gasteiger partial charge in [-0.25, -0.2) is 0 Å². The Bertz CT molecular complexity index is 422. The van der Waals surface area contributed by atoms with Crippen molar-refractivity contribution in [3.05, 3.63) is 0 Å². The van der Waals surface area contributed by atoms with Gasteiger partial charge in [0.05, 0.1) is 6.61 Å². The molecule has 0 N–H and O–H groups in total. The summed E-state index contributed by atoms with van der Waals surface area (Å²) in [4.78, 5) is 12.1. The highest BCUT2D eigenvalue weighted by Gasteiger charge is 2.57. The Morgan fingerprint density at radius 2 is 1.55 bits per heavy atom. The van der Waals surface area contributed by atoms with E-state index in [1.807, 2.05) is 0 Å². The van der Waals surface area contributed by atoms with Gasteiger partial charge in [-0.05, 0) is 69.6 Å². The molecule has 0 aromatic carbocycles.